The Morgan fingerprint density at radius 2 is 1.00 bits per heavy atom. The zero-order valence-electron chi connectivity index (χ0n) is 13.6. The highest BCUT2D eigenvalue weighted by Gasteiger charge is 2.00. The highest BCUT2D eigenvalue weighted by atomic mass is 31.2. The molecule has 0 amide bonds. The summed E-state index contributed by atoms with van der Waals surface area (Å²) < 4.78 is 14.5. The van der Waals surface area contributed by atoms with E-state index in [9.17, 15) is 0 Å². The van der Waals surface area contributed by atoms with Gasteiger partial charge in [-0.25, -0.2) is 4.57 Å². The first-order chi connectivity index (χ1) is 9.41. The van der Waals surface area contributed by atoms with E-state index in [-0.39, 0.29) is 5.48 Å². The first-order valence-corrected chi connectivity index (χ1v) is 9.34. The molecule has 0 saturated carbocycles. The van der Waals surface area contributed by atoms with Crippen LogP contribution in [0, 0.1) is 0 Å². The number of hydrogen-bond donors (Lipinski definition) is 3. The minimum absolute atomic E-state index is 0. The second-order valence-electron chi connectivity index (χ2n) is 4.95. The molecule has 0 aliphatic heterocycles. The van der Waals surface area contributed by atoms with E-state index < -0.39 is 7.82 Å². The summed E-state index contributed by atoms with van der Waals surface area (Å²) in [5.74, 6) is 0. The number of unbranched alkanes of at least 4 members (excludes halogenated alkanes) is 8. The molecule has 0 saturated heterocycles. The van der Waals surface area contributed by atoms with Gasteiger partial charge in [-0.05, 0) is 12.8 Å². The Morgan fingerprint density at radius 3 is 1.29 bits per heavy atom. The highest BCUT2D eigenvalue weighted by molar-refractivity contribution is 7.45. The summed E-state index contributed by atoms with van der Waals surface area (Å²) >= 11 is 0. The van der Waals surface area contributed by atoms with E-state index in [2.05, 4.69) is 13.8 Å². The van der Waals surface area contributed by atoms with Crippen molar-refractivity contribution in [1.82, 2.24) is 0 Å². The van der Waals surface area contributed by atoms with Crippen LogP contribution in [0.5, 0.6) is 0 Å². The van der Waals surface area contributed by atoms with Crippen molar-refractivity contribution in [3.05, 3.63) is 0 Å². The van der Waals surface area contributed by atoms with Crippen LogP contribution in [0.1, 0.15) is 78.1 Å². The molecule has 0 rings (SSSR count). The molecule has 0 heterocycles. The van der Waals surface area contributed by atoms with Gasteiger partial charge in [0.05, 0.1) is 0 Å². The molecule has 0 radical (unpaired) electrons. The second-order valence-corrected chi connectivity index (χ2v) is 5.98. The van der Waals surface area contributed by atoms with Gasteiger partial charge < -0.3 is 24.9 Å². The van der Waals surface area contributed by atoms with Gasteiger partial charge in [0, 0.05) is 13.2 Å². The van der Waals surface area contributed by atoms with Crippen molar-refractivity contribution >= 4 is 7.82 Å². The van der Waals surface area contributed by atoms with E-state index in [4.69, 9.17) is 24.0 Å². The fraction of sp³-hybridized carbons (Fsp3) is 1.00. The van der Waals surface area contributed by atoms with Crippen LogP contribution < -0.4 is 0 Å². The molecular weight excluding hydrogens is 295 g/mol. The van der Waals surface area contributed by atoms with Crippen LogP contribution in [0.3, 0.4) is 0 Å². The number of rotatable bonds is 12. The molecule has 21 heavy (non-hydrogen) atoms. The summed E-state index contributed by atoms with van der Waals surface area (Å²) in [6.45, 7) is 6.48. The van der Waals surface area contributed by atoms with Crippen molar-refractivity contribution in [1.29, 1.82) is 0 Å². The Hall–Kier alpha value is 0.0300. The lowest BCUT2D eigenvalue weighted by Gasteiger charge is -2.03. The topological polar surface area (TPSA) is 118 Å². The standard InChI is InChI=1S/C14H30O.H3O4P.H2O/c1-3-5-7-9-11-13-15-14-12-10-8-6-4-2;1-5(2,3)4;/h3-14H2,1-2H3;(H3,1,2,3,4);1H2. The average Bonchev–Trinajstić information content (AvgIpc) is 2.34. The Morgan fingerprint density at radius 1 is 0.714 bits per heavy atom. The molecule has 0 spiro atoms. The largest absolute Gasteiger partial charge is 0.466 e. The van der Waals surface area contributed by atoms with Gasteiger partial charge in [0.25, 0.3) is 0 Å². The van der Waals surface area contributed by atoms with Gasteiger partial charge >= 0.3 is 7.82 Å². The van der Waals surface area contributed by atoms with Gasteiger partial charge in [-0.2, -0.15) is 0 Å². The van der Waals surface area contributed by atoms with Crippen LogP contribution in [0.2, 0.25) is 0 Å². The van der Waals surface area contributed by atoms with Gasteiger partial charge in [0.1, 0.15) is 0 Å². The lowest BCUT2D eigenvalue weighted by molar-refractivity contribution is 0.125. The van der Waals surface area contributed by atoms with Gasteiger partial charge in [0.2, 0.25) is 0 Å². The SMILES string of the molecule is CCCCCCCOCCCCCCC.O.O=P(O)(O)O. The normalized spacial score (nSPS) is 10.5. The third kappa shape index (κ3) is 45.0. The van der Waals surface area contributed by atoms with Crippen molar-refractivity contribution in [3.8, 4) is 0 Å². The highest BCUT2D eigenvalue weighted by Crippen LogP contribution is 2.25. The Bertz CT molecular complexity index is 199. The monoisotopic (exact) mass is 330 g/mol. The smallest absolute Gasteiger partial charge is 0.412 e. The van der Waals surface area contributed by atoms with E-state index in [1.165, 1.54) is 64.2 Å². The van der Waals surface area contributed by atoms with E-state index in [0.717, 1.165) is 13.2 Å². The fourth-order valence-corrected chi connectivity index (χ4v) is 1.72. The maximum absolute atomic E-state index is 8.88. The van der Waals surface area contributed by atoms with Crippen LogP contribution in [0.25, 0.3) is 0 Å². The molecule has 0 aromatic heterocycles. The predicted molar refractivity (Wildman–Crippen MR) is 86.2 cm³/mol. The first-order valence-electron chi connectivity index (χ1n) is 7.77. The maximum atomic E-state index is 8.88. The molecule has 5 N–H and O–H groups in total. The summed E-state index contributed by atoms with van der Waals surface area (Å²) in [5.41, 5.74) is 0. The van der Waals surface area contributed by atoms with E-state index in [1.54, 1.807) is 0 Å². The summed E-state index contributed by atoms with van der Waals surface area (Å²) in [5, 5.41) is 0. The lowest BCUT2D eigenvalue weighted by atomic mass is 10.1. The molecule has 0 unspecified atom stereocenters. The van der Waals surface area contributed by atoms with Crippen molar-refractivity contribution in [2.45, 2.75) is 78.1 Å². The zero-order chi connectivity index (χ0) is 15.7. The Balaban J connectivity index is -0.000000465. The number of ether oxygens (including phenoxy) is 1. The maximum Gasteiger partial charge on any atom is 0.466 e. The first kappa shape index (κ1) is 26.0. The van der Waals surface area contributed by atoms with Crippen molar-refractivity contribution in [3.63, 3.8) is 0 Å². The molecule has 0 bridgehead atoms. The fourth-order valence-electron chi connectivity index (χ4n) is 1.72. The van der Waals surface area contributed by atoms with Gasteiger partial charge in [-0.3, -0.25) is 0 Å². The van der Waals surface area contributed by atoms with E-state index >= 15 is 0 Å². The van der Waals surface area contributed by atoms with Crippen LogP contribution in [-0.2, 0) is 9.30 Å². The van der Waals surface area contributed by atoms with Crippen LogP contribution in [0.4, 0.5) is 0 Å². The van der Waals surface area contributed by atoms with Gasteiger partial charge in [-0.1, -0.05) is 65.2 Å². The number of hydrogen-bond acceptors (Lipinski definition) is 2. The lowest BCUT2D eigenvalue weighted by Crippen LogP contribution is -1.97. The van der Waals surface area contributed by atoms with Gasteiger partial charge in [-0.15, -0.1) is 0 Å². The minimum Gasteiger partial charge on any atom is -0.412 e. The molecule has 0 aliphatic rings. The molecular formula is C14H35O6P. The average molecular weight is 330 g/mol. The summed E-state index contributed by atoms with van der Waals surface area (Å²) in [6, 6.07) is 0. The third-order valence-electron chi connectivity index (χ3n) is 2.78. The zero-order valence-corrected chi connectivity index (χ0v) is 14.5. The van der Waals surface area contributed by atoms with Crippen molar-refractivity contribution in [2.75, 3.05) is 13.2 Å². The molecule has 0 aliphatic carbocycles. The van der Waals surface area contributed by atoms with Crippen molar-refractivity contribution in [2.24, 2.45) is 0 Å². The van der Waals surface area contributed by atoms with E-state index in [1.807, 2.05) is 0 Å². The van der Waals surface area contributed by atoms with Crippen molar-refractivity contribution < 1.29 is 29.5 Å². The molecule has 7 heteroatoms. The third-order valence-corrected chi connectivity index (χ3v) is 2.78. The van der Waals surface area contributed by atoms with Crippen LogP contribution in [0.15, 0.2) is 0 Å². The summed E-state index contributed by atoms with van der Waals surface area (Å²) in [6.07, 6.45) is 13.4. The summed E-state index contributed by atoms with van der Waals surface area (Å²) in [7, 11) is -4.64. The van der Waals surface area contributed by atoms with Crippen LogP contribution in [-0.4, -0.2) is 33.4 Å². The number of phosphoric acid groups is 1. The predicted octanol–water partition coefficient (Wildman–Crippen LogP) is 3.19. The summed E-state index contributed by atoms with van der Waals surface area (Å²) in [4.78, 5) is 21.6. The molecule has 0 fully saturated rings. The van der Waals surface area contributed by atoms with Gasteiger partial charge in [0.15, 0.2) is 0 Å². The van der Waals surface area contributed by atoms with Crippen LogP contribution >= 0.6 is 7.82 Å². The Kier molecular flexibility index (Phi) is 24.8. The van der Waals surface area contributed by atoms with E-state index in [0.29, 0.717) is 0 Å². The second kappa shape index (κ2) is 20.0. The molecule has 132 valence electrons. The minimum atomic E-state index is -4.64. The quantitative estimate of drug-likeness (QED) is 0.375. The molecule has 0 aromatic carbocycles. The molecule has 0 aromatic rings. The molecule has 6 nitrogen and oxygen atoms in total. The Labute approximate surface area is 129 Å². The molecule has 0 atom stereocenters.